The monoisotopic (exact) mass is 422 g/mol. The van der Waals surface area contributed by atoms with Crippen molar-refractivity contribution in [2.75, 3.05) is 11.9 Å². The Morgan fingerprint density at radius 1 is 1.16 bits per heavy atom. The summed E-state index contributed by atoms with van der Waals surface area (Å²) in [4.78, 5) is 22.3. The predicted molar refractivity (Wildman–Crippen MR) is 121 cm³/mol. The van der Waals surface area contributed by atoms with Gasteiger partial charge in [-0.15, -0.1) is 0 Å². The number of hydrogen-bond acceptors (Lipinski definition) is 6. The highest BCUT2D eigenvalue weighted by molar-refractivity contribution is 5.68. The summed E-state index contributed by atoms with van der Waals surface area (Å²) in [7, 11) is 2.03. The number of carbonyl (C=O) groups is 1. The average Bonchev–Trinajstić information content (AvgIpc) is 3.21. The van der Waals surface area contributed by atoms with Gasteiger partial charge in [-0.3, -0.25) is 4.79 Å². The molecule has 31 heavy (non-hydrogen) atoms. The van der Waals surface area contributed by atoms with Gasteiger partial charge >= 0.3 is 5.97 Å². The number of hydrogen-bond donors (Lipinski definition) is 1. The molecular weight excluding hydrogens is 392 g/mol. The summed E-state index contributed by atoms with van der Waals surface area (Å²) in [6, 6.07) is 6.38. The number of pyridine rings is 1. The molecule has 7 heteroatoms. The molecule has 0 fully saturated rings. The van der Waals surface area contributed by atoms with Crippen LogP contribution in [0.15, 0.2) is 28.9 Å². The minimum absolute atomic E-state index is 0.119. The number of anilines is 1. The van der Waals surface area contributed by atoms with Gasteiger partial charge in [-0.2, -0.15) is 4.98 Å². The van der Waals surface area contributed by atoms with Crippen molar-refractivity contribution >= 4 is 11.8 Å². The fourth-order valence-electron chi connectivity index (χ4n) is 3.68. The summed E-state index contributed by atoms with van der Waals surface area (Å²) in [5.74, 6) is 1.08. The van der Waals surface area contributed by atoms with Crippen molar-refractivity contribution in [3.63, 3.8) is 0 Å². The molecular formula is C24H30N4O3. The maximum Gasteiger partial charge on any atom is 0.303 e. The number of nitrogens with zero attached hydrogens (tertiary/aromatic N) is 4. The molecule has 1 N–H and O–H groups in total. The standard InChI is InChI=1S/C24H30N4O3/c1-7-17-12-18(10-15(4)20(17)8-9-21(29)30)22-26-24(31-27-22)19-11-16(5)23(25-13-19)28(6)14(2)3/h10-14H,7-9H2,1-6H3,(H,29,30). The van der Waals surface area contributed by atoms with Crippen molar-refractivity contribution in [2.24, 2.45) is 0 Å². The van der Waals surface area contributed by atoms with E-state index in [4.69, 9.17) is 9.63 Å². The fraction of sp³-hybridized carbons (Fsp3) is 0.417. The number of rotatable bonds is 8. The maximum atomic E-state index is 11.0. The number of aryl methyl sites for hydroxylation is 3. The zero-order valence-corrected chi connectivity index (χ0v) is 19.1. The van der Waals surface area contributed by atoms with Crippen LogP contribution in [-0.4, -0.2) is 39.3 Å². The van der Waals surface area contributed by atoms with Crippen LogP contribution >= 0.6 is 0 Å². The minimum atomic E-state index is -0.789. The highest BCUT2D eigenvalue weighted by Crippen LogP contribution is 2.29. The van der Waals surface area contributed by atoms with Crippen LogP contribution in [-0.2, 0) is 17.6 Å². The Morgan fingerprint density at radius 2 is 1.87 bits per heavy atom. The second-order valence-electron chi connectivity index (χ2n) is 8.17. The molecule has 3 aromatic rings. The molecule has 0 amide bonds. The fourth-order valence-corrected chi connectivity index (χ4v) is 3.68. The summed E-state index contributed by atoms with van der Waals surface area (Å²) in [5, 5.41) is 13.2. The number of carboxylic acid groups (broad SMARTS) is 1. The lowest BCUT2D eigenvalue weighted by atomic mass is 9.93. The molecule has 0 spiro atoms. The van der Waals surface area contributed by atoms with Crippen LogP contribution in [0.25, 0.3) is 22.8 Å². The van der Waals surface area contributed by atoms with Crippen LogP contribution in [0.4, 0.5) is 5.82 Å². The van der Waals surface area contributed by atoms with Crippen molar-refractivity contribution in [3.05, 3.63) is 46.6 Å². The smallest absolute Gasteiger partial charge is 0.303 e. The van der Waals surface area contributed by atoms with Gasteiger partial charge in [0.1, 0.15) is 5.82 Å². The Balaban J connectivity index is 1.91. The second-order valence-corrected chi connectivity index (χ2v) is 8.17. The van der Waals surface area contributed by atoms with Gasteiger partial charge in [-0.1, -0.05) is 12.1 Å². The maximum absolute atomic E-state index is 11.0. The van der Waals surface area contributed by atoms with E-state index in [0.717, 1.165) is 45.6 Å². The molecule has 7 nitrogen and oxygen atoms in total. The molecule has 1 aromatic carbocycles. The molecule has 2 heterocycles. The Kier molecular flexibility index (Phi) is 6.73. The summed E-state index contributed by atoms with van der Waals surface area (Å²) < 4.78 is 5.54. The first-order valence-corrected chi connectivity index (χ1v) is 10.6. The van der Waals surface area contributed by atoms with Crippen molar-refractivity contribution in [1.29, 1.82) is 0 Å². The normalized spacial score (nSPS) is 11.2. The molecule has 0 aliphatic rings. The Hall–Kier alpha value is -3.22. The lowest BCUT2D eigenvalue weighted by Gasteiger charge is -2.24. The third kappa shape index (κ3) is 4.93. The molecule has 164 valence electrons. The third-order valence-corrected chi connectivity index (χ3v) is 5.63. The first-order chi connectivity index (χ1) is 14.7. The molecule has 0 atom stereocenters. The van der Waals surface area contributed by atoms with Crippen LogP contribution in [0.1, 0.15) is 49.4 Å². The highest BCUT2D eigenvalue weighted by atomic mass is 16.5. The van der Waals surface area contributed by atoms with Gasteiger partial charge in [0, 0.05) is 31.3 Å². The summed E-state index contributed by atoms with van der Waals surface area (Å²) in [6.07, 6.45) is 3.20. The largest absolute Gasteiger partial charge is 0.481 e. The molecule has 0 unspecified atom stereocenters. The molecule has 0 aliphatic carbocycles. The van der Waals surface area contributed by atoms with E-state index in [1.54, 1.807) is 6.20 Å². The van der Waals surface area contributed by atoms with Crippen molar-refractivity contribution < 1.29 is 14.4 Å². The second kappa shape index (κ2) is 9.29. The first-order valence-electron chi connectivity index (χ1n) is 10.6. The molecule has 0 radical (unpaired) electrons. The number of benzene rings is 1. The molecule has 0 aliphatic heterocycles. The molecule has 0 saturated carbocycles. The molecule has 0 bridgehead atoms. The quantitative estimate of drug-likeness (QED) is 0.555. The number of carboxylic acids is 1. The number of aliphatic carboxylic acids is 1. The van der Waals surface area contributed by atoms with E-state index < -0.39 is 5.97 Å². The van der Waals surface area contributed by atoms with E-state index in [-0.39, 0.29) is 6.42 Å². The van der Waals surface area contributed by atoms with Gasteiger partial charge in [-0.25, -0.2) is 4.98 Å². The predicted octanol–water partition coefficient (Wildman–Crippen LogP) is 4.84. The van der Waals surface area contributed by atoms with Crippen LogP contribution in [0, 0.1) is 13.8 Å². The van der Waals surface area contributed by atoms with Gasteiger partial charge in [0.2, 0.25) is 5.82 Å². The van der Waals surface area contributed by atoms with E-state index in [2.05, 4.69) is 40.8 Å². The van der Waals surface area contributed by atoms with Crippen molar-refractivity contribution in [1.82, 2.24) is 15.1 Å². The SMILES string of the molecule is CCc1cc(-c2noc(-c3cnc(N(C)C(C)C)c(C)c3)n2)cc(C)c1CCC(=O)O. The third-order valence-electron chi connectivity index (χ3n) is 5.63. The Bertz CT molecular complexity index is 1090. The van der Waals surface area contributed by atoms with Gasteiger partial charge in [0.25, 0.3) is 5.89 Å². The van der Waals surface area contributed by atoms with Crippen LogP contribution < -0.4 is 4.90 Å². The Labute approximate surface area is 183 Å². The van der Waals surface area contributed by atoms with Crippen molar-refractivity contribution in [2.45, 2.75) is 59.9 Å². The highest BCUT2D eigenvalue weighted by Gasteiger charge is 2.17. The number of aromatic nitrogens is 3. The Morgan fingerprint density at radius 3 is 2.48 bits per heavy atom. The molecule has 3 rings (SSSR count). The summed E-state index contributed by atoms with van der Waals surface area (Å²) in [5.41, 5.74) is 5.93. The lowest BCUT2D eigenvalue weighted by Crippen LogP contribution is -2.27. The van der Waals surface area contributed by atoms with E-state index in [1.807, 2.05) is 39.1 Å². The van der Waals surface area contributed by atoms with E-state index in [0.29, 0.717) is 24.2 Å². The molecule has 0 saturated heterocycles. The minimum Gasteiger partial charge on any atom is -0.481 e. The van der Waals surface area contributed by atoms with Crippen molar-refractivity contribution in [3.8, 4) is 22.8 Å². The van der Waals surface area contributed by atoms with E-state index in [1.165, 1.54) is 0 Å². The topological polar surface area (TPSA) is 92.4 Å². The van der Waals surface area contributed by atoms with E-state index >= 15 is 0 Å². The summed E-state index contributed by atoms with van der Waals surface area (Å²) in [6.45, 7) is 10.3. The first kappa shape index (κ1) is 22.5. The average molecular weight is 423 g/mol. The van der Waals surface area contributed by atoms with Crippen LogP contribution in [0.5, 0.6) is 0 Å². The van der Waals surface area contributed by atoms with Gasteiger partial charge in [0.15, 0.2) is 0 Å². The zero-order valence-electron chi connectivity index (χ0n) is 19.1. The molecule has 2 aromatic heterocycles. The zero-order chi connectivity index (χ0) is 22.7. The lowest BCUT2D eigenvalue weighted by molar-refractivity contribution is -0.136. The van der Waals surface area contributed by atoms with Crippen LogP contribution in [0.3, 0.4) is 0 Å². The summed E-state index contributed by atoms with van der Waals surface area (Å²) >= 11 is 0. The van der Waals surface area contributed by atoms with Gasteiger partial charge < -0.3 is 14.5 Å². The van der Waals surface area contributed by atoms with Gasteiger partial charge in [0.05, 0.1) is 5.56 Å². The van der Waals surface area contributed by atoms with Gasteiger partial charge in [-0.05, 0) is 81.0 Å². The van der Waals surface area contributed by atoms with Crippen LogP contribution in [0.2, 0.25) is 0 Å². The van der Waals surface area contributed by atoms with E-state index in [9.17, 15) is 4.79 Å².